The number of piperidine rings is 1. The third-order valence-corrected chi connectivity index (χ3v) is 6.57. The van der Waals surface area contributed by atoms with Gasteiger partial charge in [0.25, 0.3) is 0 Å². The Balaban J connectivity index is 0.000000192. The molecule has 1 heterocycles. The van der Waals surface area contributed by atoms with Gasteiger partial charge in [0.2, 0.25) is 0 Å². The SMILES string of the molecule is C[C@H]([C]1[CH][CH][CH][CH]1)N1CCCCC1.OC([C]1[CH][CH][CH][CH]1)(c1ccccc1)c1ccccc1.[Fe+2]. The van der Waals surface area contributed by atoms with Gasteiger partial charge in [0.15, 0.2) is 0 Å². The maximum absolute atomic E-state index is 11.3. The van der Waals surface area contributed by atoms with E-state index < -0.39 is 5.60 Å². The molecule has 2 aromatic carbocycles. The smallest absolute Gasteiger partial charge is 0.380 e. The molecule has 1 aliphatic heterocycles. The van der Waals surface area contributed by atoms with Crippen molar-refractivity contribution in [1.82, 2.24) is 4.90 Å². The van der Waals surface area contributed by atoms with Crippen molar-refractivity contribution >= 4 is 0 Å². The van der Waals surface area contributed by atoms with Gasteiger partial charge in [-0.05, 0) is 95.3 Å². The molecule has 1 N–H and O–H groups in total. The molecular weight excluding hydrogens is 446 g/mol. The molecular formula is C30H33FeNO+2. The predicted octanol–water partition coefficient (Wildman–Crippen LogP) is 5.59. The zero-order valence-corrected chi connectivity index (χ0v) is 20.4. The van der Waals surface area contributed by atoms with Crippen LogP contribution in [0.4, 0.5) is 0 Å². The second-order valence-electron chi connectivity index (χ2n) is 8.61. The van der Waals surface area contributed by atoms with Crippen LogP contribution in [-0.2, 0) is 22.7 Å². The Bertz CT molecular complexity index is 738. The summed E-state index contributed by atoms with van der Waals surface area (Å²) in [6.07, 6.45) is 20.7. The summed E-state index contributed by atoms with van der Waals surface area (Å²) in [5.74, 6) is 2.37. The molecule has 2 nitrogen and oxygen atoms in total. The van der Waals surface area contributed by atoms with Crippen molar-refractivity contribution < 1.29 is 22.2 Å². The van der Waals surface area contributed by atoms with Crippen LogP contribution in [-0.4, -0.2) is 29.1 Å². The van der Waals surface area contributed by atoms with Crippen molar-refractivity contribution in [1.29, 1.82) is 0 Å². The number of likely N-dealkylation sites (tertiary alicyclic amines) is 1. The van der Waals surface area contributed by atoms with Crippen LogP contribution in [0.2, 0.25) is 0 Å². The summed E-state index contributed by atoms with van der Waals surface area (Å²) in [5, 5.41) is 11.3. The molecule has 0 bridgehead atoms. The van der Waals surface area contributed by atoms with Gasteiger partial charge in [-0.1, -0.05) is 67.1 Å². The minimum atomic E-state index is -1.09. The van der Waals surface area contributed by atoms with Gasteiger partial charge in [0.05, 0.1) is 0 Å². The van der Waals surface area contributed by atoms with E-state index in [0.29, 0.717) is 6.04 Å². The fraction of sp³-hybridized carbons (Fsp3) is 0.267. The van der Waals surface area contributed by atoms with Gasteiger partial charge >= 0.3 is 17.1 Å². The normalized spacial score (nSPS) is 21.2. The predicted molar refractivity (Wildman–Crippen MR) is 132 cm³/mol. The first kappa shape index (κ1) is 26.5. The number of rotatable bonds is 5. The molecule has 0 unspecified atom stereocenters. The van der Waals surface area contributed by atoms with Crippen molar-refractivity contribution in [3.05, 3.63) is 135 Å². The van der Waals surface area contributed by atoms with Crippen molar-refractivity contribution in [3.8, 4) is 0 Å². The third-order valence-electron chi connectivity index (χ3n) is 6.57. The van der Waals surface area contributed by atoms with Crippen LogP contribution in [0, 0.1) is 63.2 Å². The second kappa shape index (κ2) is 13.1. The van der Waals surface area contributed by atoms with Crippen molar-refractivity contribution in [2.24, 2.45) is 0 Å². The number of nitrogens with zero attached hydrogens (tertiary/aromatic N) is 1. The first-order chi connectivity index (χ1) is 15.7. The average Bonchev–Trinajstić information content (AvgIpc) is 3.60. The minimum Gasteiger partial charge on any atom is -0.380 e. The number of hydrogen-bond donors (Lipinski definition) is 1. The zero-order chi connectivity index (χ0) is 22.2. The van der Waals surface area contributed by atoms with E-state index in [-0.39, 0.29) is 17.1 Å². The standard InChI is InChI=1S/C18H15O.C12H18N.Fe/c19-18(17-13-7-8-14-17,15-9-3-1-4-10-15)16-11-5-2-6-12-16;1-11(12-7-3-4-8-12)13-9-5-2-6-10-13;/h1-14,19H;3-4,7-8,11H,2,5-6,9-10H2,1H3;/q;;+2/t;11-;/m.1./s1. The molecule has 1 atom stereocenters. The topological polar surface area (TPSA) is 23.5 Å². The van der Waals surface area contributed by atoms with E-state index in [1.165, 1.54) is 38.3 Å². The van der Waals surface area contributed by atoms with Crippen LogP contribution in [0.1, 0.15) is 37.3 Å². The molecule has 10 radical (unpaired) electrons. The van der Waals surface area contributed by atoms with E-state index in [2.05, 4.69) is 37.5 Å². The maximum Gasteiger partial charge on any atom is 2.00 e. The maximum atomic E-state index is 11.3. The third kappa shape index (κ3) is 6.51. The molecule has 3 fully saturated rings. The van der Waals surface area contributed by atoms with E-state index in [1.807, 2.05) is 86.3 Å². The fourth-order valence-electron chi connectivity index (χ4n) is 4.66. The largest absolute Gasteiger partial charge is 2.00 e. The molecule has 2 aromatic rings. The van der Waals surface area contributed by atoms with Crippen molar-refractivity contribution in [2.75, 3.05) is 13.1 Å². The first-order valence-electron chi connectivity index (χ1n) is 11.7. The molecule has 3 aliphatic rings. The number of aliphatic hydroxyl groups is 1. The Labute approximate surface area is 212 Å². The van der Waals surface area contributed by atoms with Gasteiger partial charge in [0.1, 0.15) is 5.60 Å². The van der Waals surface area contributed by atoms with Crippen LogP contribution in [0.3, 0.4) is 0 Å². The quantitative estimate of drug-likeness (QED) is 0.566. The van der Waals surface area contributed by atoms with Crippen molar-refractivity contribution in [2.45, 2.75) is 37.8 Å². The summed E-state index contributed by atoms with van der Waals surface area (Å²) in [6.45, 7) is 4.89. The average molecular weight is 479 g/mol. The van der Waals surface area contributed by atoms with Gasteiger partial charge in [-0.3, -0.25) is 0 Å². The Morgan fingerprint density at radius 3 is 1.64 bits per heavy atom. The van der Waals surface area contributed by atoms with Crippen LogP contribution >= 0.6 is 0 Å². The van der Waals surface area contributed by atoms with E-state index in [4.69, 9.17) is 0 Å². The summed E-state index contributed by atoms with van der Waals surface area (Å²) < 4.78 is 0. The molecule has 0 aromatic heterocycles. The molecule has 0 amide bonds. The monoisotopic (exact) mass is 479 g/mol. The van der Waals surface area contributed by atoms with Gasteiger partial charge in [0, 0.05) is 17.9 Å². The molecule has 2 saturated carbocycles. The summed E-state index contributed by atoms with van der Waals surface area (Å²) >= 11 is 0. The van der Waals surface area contributed by atoms with E-state index in [0.717, 1.165) is 17.0 Å². The molecule has 0 spiro atoms. The van der Waals surface area contributed by atoms with Crippen LogP contribution in [0.25, 0.3) is 0 Å². The van der Waals surface area contributed by atoms with Crippen molar-refractivity contribution in [3.63, 3.8) is 0 Å². The molecule has 3 heteroatoms. The molecule has 2 aliphatic carbocycles. The van der Waals surface area contributed by atoms with Crippen LogP contribution in [0.15, 0.2) is 60.7 Å². The van der Waals surface area contributed by atoms with Gasteiger partial charge in [-0.2, -0.15) is 0 Å². The fourth-order valence-corrected chi connectivity index (χ4v) is 4.66. The van der Waals surface area contributed by atoms with Crippen LogP contribution in [0.5, 0.6) is 0 Å². The van der Waals surface area contributed by atoms with E-state index in [9.17, 15) is 5.11 Å². The van der Waals surface area contributed by atoms with Gasteiger partial charge in [-0.25, -0.2) is 0 Å². The van der Waals surface area contributed by atoms with Gasteiger partial charge < -0.3 is 10.0 Å². The molecule has 170 valence electrons. The summed E-state index contributed by atoms with van der Waals surface area (Å²) in [7, 11) is 0. The van der Waals surface area contributed by atoms with E-state index in [1.54, 1.807) is 0 Å². The Kier molecular flexibility index (Phi) is 10.5. The Morgan fingerprint density at radius 1 is 0.697 bits per heavy atom. The second-order valence-corrected chi connectivity index (χ2v) is 8.61. The zero-order valence-electron chi connectivity index (χ0n) is 19.3. The minimum absolute atomic E-state index is 0. The number of benzene rings is 2. The van der Waals surface area contributed by atoms with Gasteiger partial charge in [-0.15, -0.1) is 0 Å². The first-order valence-corrected chi connectivity index (χ1v) is 11.7. The molecule has 33 heavy (non-hydrogen) atoms. The molecule has 1 saturated heterocycles. The number of hydrogen-bond acceptors (Lipinski definition) is 2. The van der Waals surface area contributed by atoms with E-state index >= 15 is 0 Å². The molecule has 5 rings (SSSR count). The summed E-state index contributed by atoms with van der Waals surface area (Å²) in [4.78, 5) is 2.60. The Hall–Kier alpha value is -1.12. The summed E-state index contributed by atoms with van der Waals surface area (Å²) in [5.41, 5.74) is 0.672. The Morgan fingerprint density at radius 2 is 1.15 bits per heavy atom. The van der Waals surface area contributed by atoms with Crippen LogP contribution < -0.4 is 0 Å². The summed E-state index contributed by atoms with van der Waals surface area (Å²) in [6, 6.07) is 20.2.